The van der Waals surface area contributed by atoms with Gasteiger partial charge in [-0.15, -0.1) is 11.3 Å². The Balaban J connectivity index is 1.49. The second kappa shape index (κ2) is 7.83. The Bertz CT molecular complexity index is 1140. The van der Waals surface area contributed by atoms with Crippen molar-refractivity contribution in [2.24, 2.45) is 5.92 Å². The summed E-state index contributed by atoms with van der Waals surface area (Å²) in [6.45, 7) is 2.61. The molecule has 1 aliphatic rings. The zero-order valence-corrected chi connectivity index (χ0v) is 19.0. The molecule has 1 atom stereocenters. The first-order chi connectivity index (χ1) is 13.3. The lowest BCUT2D eigenvalue weighted by Gasteiger charge is -2.30. The fourth-order valence-electron chi connectivity index (χ4n) is 3.29. The molecule has 2 aromatic heterocycles. The van der Waals surface area contributed by atoms with Crippen LogP contribution >= 0.6 is 38.6 Å². The van der Waals surface area contributed by atoms with E-state index in [1.165, 1.54) is 27.0 Å². The van der Waals surface area contributed by atoms with Gasteiger partial charge in [0.15, 0.2) is 5.13 Å². The van der Waals surface area contributed by atoms with E-state index >= 15 is 0 Å². The van der Waals surface area contributed by atoms with Gasteiger partial charge in [0.2, 0.25) is 5.91 Å². The molecule has 1 saturated heterocycles. The molecule has 1 fully saturated rings. The van der Waals surface area contributed by atoms with Gasteiger partial charge in [-0.05, 0) is 59.5 Å². The summed E-state index contributed by atoms with van der Waals surface area (Å²) in [4.78, 5) is 17.3. The standard InChI is InChI=1S/C18H18BrN3O3S3/c1-11-4-2-6-13-16(11)20-18(26-13)21-17(23)12-5-3-9-22(10-12)28(24,25)15-8-7-14(19)27-15/h2,4,6-8,12H,3,5,9-10H2,1H3,(H,20,21,23)/t12-/m0/s1. The number of nitrogens with zero attached hydrogens (tertiary/aromatic N) is 2. The van der Waals surface area contributed by atoms with Gasteiger partial charge in [-0.3, -0.25) is 4.79 Å². The topological polar surface area (TPSA) is 79.4 Å². The van der Waals surface area contributed by atoms with E-state index in [1.807, 2.05) is 25.1 Å². The van der Waals surface area contributed by atoms with Gasteiger partial charge in [0, 0.05) is 13.1 Å². The van der Waals surface area contributed by atoms with Crippen LogP contribution < -0.4 is 5.32 Å². The number of carbonyl (C=O) groups is 1. The van der Waals surface area contributed by atoms with Crippen molar-refractivity contribution in [2.75, 3.05) is 18.4 Å². The van der Waals surface area contributed by atoms with E-state index < -0.39 is 10.0 Å². The van der Waals surface area contributed by atoms with Gasteiger partial charge in [-0.2, -0.15) is 4.31 Å². The third kappa shape index (κ3) is 3.88. The van der Waals surface area contributed by atoms with Gasteiger partial charge in [0.1, 0.15) is 4.21 Å². The number of hydrogen-bond donors (Lipinski definition) is 1. The SMILES string of the molecule is Cc1cccc2sc(NC(=O)[C@H]3CCCN(S(=O)(=O)c4ccc(Br)s4)C3)nc12. The Kier molecular flexibility index (Phi) is 5.58. The average Bonchev–Trinajstić information content (AvgIpc) is 3.29. The molecule has 0 saturated carbocycles. The van der Waals surface area contributed by atoms with Crippen LogP contribution in [0.5, 0.6) is 0 Å². The predicted octanol–water partition coefficient (Wildman–Crippen LogP) is 4.47. The van der Waals surface area contributed by atoms with Gasteiger partial charge in [0.25, 0.3) is 10.0 Å². The molecule has 0 spiro atoms. The molecule has 1 aromatic carbocycles. The smallest absolute Gasteiger partial charge is 0.252 e. The normalized spacial score (nSPS) is 18.4. The molecule has 6 nitrogen and oxygen atoms in total. The number of amides is 1. The van der Waals surface area contributed by atoms with Crippen LogP contribution in [0.1, 0.15) is 18.4 Å². The minimum Gasteiger partial charge on any atom is -0.302 e. The summed E-state index contributed by atoms with van der Waals surface area (Å²) >= 11 is 5.92. The second-order valence-corrected chi connectivity index (χ2v) is 12.3. The Morgan fingerprint density at radius 1 is 1.29 bits per heavy atom. The number of aromatic nitrogens is 1. The molecule has 1 N–H and O–H groups in total. The first-order valence-electron chi connectivity index (χ1n) is 8.77. The van der Waals surface area contributed by atoms with Crippen molar-refractivity contribution in [1.29, 1.82) is 0 Å². The molecule has 3 heterocycles. The maximum Gasteiger partial charge on any atom is 0.252 e. The highest BCUT2D eigenvalue weighted by Crippen LogP contribution is 2.32. The molecule has 0 bridgehead atoms. The largest absolute Gasteiger partial charge is 0.302 e. The number of sulfonamides is 1. The van der Waals surface area contributed by atoms with Crippen LogP contribution in [0.15, 0.2) is 38.3 Å². The van der Waals surface area contributed by atoms with E-state index in [0.717, 1.165) is 19.6 Å². The molecule has 3 aromatic rings. The number of piperidine rings is 1. The summed E-state index contributed by atoms with van der Waals surface area (Å²) in [7, 11) is -3.58. The number of thiophene rings is 1. The second-order valence-electron chi connectivity index (χ2n) is 6.69. The molecule has 1 aliphatic heterocycles. The summed E-state index contributed by atoms with van der Waals surface area (Å²) < 4.78 is 29.2. The molecule has 0 unspecified atom stereocenters. The fraction of sp³-hybridized carbons (Fsp3) is 0.333. The minimum absolute atomic E-state index is 0.177. The maximum atomic E-state index is 12.9. The van der Waals surface area contributed by atoms with Gasteiger partial charge in [-0.25, -0.2) is 13.4 Å². The molecule has 148 valence electrons. The molecule has 4 rings (SSSR count). The highest BCUT2D eigenvalue weighted by Gasteiger charge is 2.34. The van der Waals surface area contributed by atoms with Crippen LogP contribution in [0.25, 0.3) is 10.2 Å². The van der Waals surface area contributed by atoms with Crippen molar-refractivity contribution < 1.29 is 13.2 Å². The number of thiazole rings is 1. The predicted molar refractivity (Wildman–Crippen MR) is 116 cm³/mol. The first kappa shape index (κ1) is 20.0. The van der Waals surface area contributed by atoms with Crippen LogP contribution in [-0.2, 0) is 14.8 Å². The molecular formula is C18H18BrN3O3S3. The summed E-state index contributed by atoms with van der Waals surface area (Å²) in [6, 6.07) is 9.25. The molecule has 28 heavy (non-hydrogen) atoms. The Morgan fingerprint density at radius 3 is 2.82 bits per heavy atom. The summed E-state index contributed by atoms with van der Waals surface area (Å²) in [5.74, 6) is -0.566. The van der Waals surface area contributed by atoms with Crippen molar-refractivity contribution in [1.82, 2.24) is 9.29 Å². The summed E-state index contributed by atoms with van der Waals surface area (Å²) in [5, 5.41) is 3.44. The van der Waals surface area contributed by atoms with E-state index in [-0.39, 0.29) is 18.4 Å². The minimum atomic E-state index is -3.58. The molecule has 1 amide bonds. The third-order valence-electron chi connectivity index (χ3n) is 4.75. The highest BCUT2D eigenvalue weighted by atomic mass is 79.9. The number of carbonyl (C=O) groups excluding carboxylic acids is 1. The van der Waals surface area contributed by atoms with Crippen LogP contribution in [0.2, 0.25) is 0 Å². The number of para-hydroxylation sites is 1. The number of fused-ring (bicyclic) bond motifs is 1. The molecule has 0 radical (unpaired) electrons. The summed E-state index contributed by atoms with van der Waals surface area (Å²) in [6.07, 6.45) is 1.32. The highest BCUT2D eigenvalue weighted by molar-refractivity contribution is 9.11. The molecule has 0 aliphatic carbocycles. The van der Waals surface area contributed by atoms with Crippen molar-refractivity contribution in [2.45, 2.75) is 24.0 Å². The quantitative estimate of drug-likeness (QED) is 0.574. The fourth-order valence-corrected chi connectivity index (χ4v) is 7.92. The summed E-state index contributed by atoms with van der Waals surface area (Å²) in [5.41, 5.74) is 1.95. The average molecular weight is 500 g/mol. The van der Waals surface area contributed by atoms with E-state index in [2.05, 4.69) is 26.2 Å². The number of benzene rings is 1. The third-order valence-corrected chi connectivity index (χ3v) is 9.64. The van der Waals surface area contributed by atoms with Crippen LogP contribution in [0, 0.1) is 12.8 Å². The lowest BCUT2D eigenvalue weighted by atomic mass is 9.99. The van der Waals surface area contributed by atoms with Crippen molar-refractivity contribution in [3.8, 4) is 0 Å². The lowest BCUT2D eigenvalue weighted by Crippen LogP contribution is -2.43. The van der Waals surface area contributed by atoms with Crippen molar-refractivity contribution in [3.63, 3.8) is 0 Å². The zero-order chi connectivity index (χ0) is 19.9. The van der Waals surface area contributed by atoms with Gasteiger partial charge >= 0.3 is 0 Å². The van der Waals surface area contributed by atoms with Gasteiger partial charge < -0.3 is 5.32 Å². The van der Waals surface area contributed by atoms with Crippen LogP contribution in [-0.4, -0.2) is 36.7 Å². The number of anilines is 1. The Hall–Kier alpha value is -1.33. The first-order valence-corrected chi connectivity index (χ1v) is 12.6. The number of hydrogen-bond acceptors (Lipinski definition) is 6. The number of aryl methyl sites for hydroxylation is 1. The van der Waals surface area contributed by atoms with Crippen molar-refractivity contribution in [3.05, 3.63) is 39.7 Å². The lowest BCUT2D eigenvalue weighted by molar-refractivity contribution is -0.120. The molecular weight excluding hydrogens is 482 g/mol. The van der Waals surface area contributed by atoms with Gasteiger partial charge in [0.05, 0.1) is 19.9 Å². The number of halogens is 1. The van der Waals surface area contributed by atoms with E-state index in [4.69, 9.17) is 0 Å². The van der Waals surface area contributed by atoms with Crippen LogP contribution in [0.4, 0.5) is 5.13 Å². The number of nitrogens with one attached hydrogen (secondary N) is 1. The van der Waals surface area contributed by atoms with E-state index in [0.29, 0.717) is 28.7 Å². The monoisotopic (exact) mass is 499 g/mol. The van der Waals surface area contributed by atoms with Crippen molar-refractivity contribution >= 4 is 69.9 Å². The van der Waals surface area contributed by atoms with Gasteiger partial charge in [-0.1, -0.05) is 23.5 Å². The molecule has 10 heteroatoms. The zero-order valence-electron chi connectivity index (χ0n) is 15.0. The Labute approximate surface area is 179 Å². The number of rotatable bonds is 4. The van der Waals surface area contributed by atoms with Crippen LogP contribution in [0.3, 0.4) is 0 Å². The maximum absolute atomic E-state index is 12.9. The van der Waals surface area contributed by atoms with E-state index in [9.17, 15) is 13.2 Å². The van der Waals surface area contributed by atoms with E-state index in [1.54, 1.807) is 12.1 Å². The Morgan fingerprint density at radius 2 is 2.11 bits per heavy atom.